The first kappa shape index (κ1) is 15.2. The van der Waals surface area contributed by atoms with Crippen molar-refractivity contribution < 1.29 is 18.1 Å². The maximum atomic E-state index is 11.5. The van der Waals surface area contributed by atoms with Crippen LogP contribution in [0.25, 0.3) is 0 Å². The Balaban J connectivity index is 2.38. The van der Waals surface area contributed by atoms with Gasteiger partial charge < -0.3 is 14.9 Å². The summed E-state index contributed by atoms with van der Waals surface area (Å²) >= 11 is 0. The lowest BCUT2D eigenvalue weighted by atomic mass is 10.2. The van der Waals surface area contributed by atoms with Crippen molar-refractivity contribution >= 4 is 25.6 Å². The van der Waals surface area contributed by atoms with Crippen LogP contribution in [0.1, 0.15) is 25.5 Å². The number of nitro groups is 1. The van der Waals surface area contributed by atoms with Gasteiger partial charge in [0.1, 0.15) is 0 Å². The van der Waals surface area contributed by atoms with E-state index in [4.69, 9.17) is 15.4 Å². The van der Waals surface area contributed by atoms with Crippen LogP contribution in [0, 0.1) is 17.0 Å². The second-order valence-electron chi connectivity index (χ2n) is 4.76. The monoisotopic (exact) mass is 323 g/mol. The molecule has 0 bridgehead atoms. The fraction of sp³-hybridized carbons (Fsp3) is 0.700. The van der Waals surface area contributed by atoms with Crippen LogP contribution in [-0.2, 0) is 20.3 Å². The van der Waals surface area contributed by atoms with Crippen molar-refractivity contribution in [1.82, 2.24) is 9.78 Å². The van der Waals surface area contributed by atoms with E-state index in [1.54, 1.807) is 0 Å². The standard InChI is InChI=1S/C10H14ClN3O5S/c1-6-3-4-8(19-6)5-13-7(2)9(20(11,17)18)10(12-13)14(15)16/h6,8H,3-5H2,1-2H3. The van der Waals surface area contributed by atoms with E-state index in [0.717, 1.165) is 12.8 Å². The number of aromatic nitrogens is 2. The highest BCUT2D eigenvalue weighted by molar-refractivity contribution is 8.13. The zero-order valence-electron chi connectivity index (χ0n) is 10.9. The lowest BCUT2D eigenvalue weighted by molar-refractivity contribution is -0.392. The first-order valence-electron chi connectivity index (χ1n) is 6.02. The van der Waals surface area contributed by atoms with E-state index < -0.39 is 24.7 Å². The molecule has 1 saturated heterocycles. The molecule has 1 aliphatic rings. The van der Waals surface area contributed by atoms with E-state index in [2.05, 4.69) is 5.10 Å². The summed E-state index contributed by atoms with van der Waals surface area (Å²) in [5, 5.41) is 14.6. The zero-order valence-corrected chi connectivity index (χ0v) is 12.5. The van der Waals surface area contributed by atoms with Gasteiger partial charge in [-0.2, -0.15) is 4.68 Å². The molecule has 10 heteroatoms. The third-order valence-corrected chi connectivity index (χ3v) is 4.68. The van der Waals surface area contributed by atoms with Crippen molar-refractivity contribution in [3.8, 4) is 0 Å². The van der Waals surface area contributed by atoms with E-state index in [1.807, 2.05) is 6.92 Å². The Labute approximate surface area is 120 Å². The molecule has 8 nitrogen and oxygen atoms in total. The van der Waals surface area contributed by atoms with E-state index in [-0.39, 0.29) is 24.4 Å². The van der Waals surface area contributed by atoms with Crippen molar-refractivity contribution in [3.05, 3.63) is 15.8 Å². The summed E-state index contributed by atoms with van der Waals surface area (Å²) in [5.74, 6) is -0.747. The molecule has 0 N–H and O–H groups in total. The molecule has 0 radical (unpaired) electrons. The number of ether oxygens (including phenoxy) is 1. The van der Waals surface area contributed by atoms with Crippen LogP contribution in [0.2, 0.25) is 0 Å². The summed E-state index contributed by atoms with van der Waals surface area (Å²) in [6.45, 7) is 3.64. The molecule has 0 saturated carbocycles. The molecule has 2 atom stereocenters. The molecule has 20 heavy (non-hydrogen) atoms. The third-order valence-electron chi connectivity index (χ3n) is 3.25. The molecule has 1 fully saturated rings. The van der Waals surface area contributed by atoms with Gasteiger partial charge in [0, 0.05) is 10.7 Å². The van der Waals surface area contributed by atoms with E-state index in [1.165, 1.54) is 11.6 Å². The molecular weight excluding hydrogens is 310 g/mol. The van der Waals surface area contributed by atoms with Gasteiger partial charge in [0.2, 0.25) is 4.90 Å². The average Bonchev–Trinajstić information content (AvgIpc) is 2.83. The average molecular weight is 324 g/mol. The number of halogens is 1. The van der Waals surface area contributed by atoms with E-state index in [9.17, 15) is 18.5 Å². The molecular formula is C10H14ClN3O5S. The van der Waals surface area contributed by atoms with Crippen molar-refractivity contribution in [2.45, 2.75) is 50.3 Å². The highest BCUT2D eigenvalue weighted by atomic mass is 35.7. The Kier molecular flexibility index (Phi) is 4.03. The molecule has 1 aromatic heterocycles. The molecule has 1 aliphatic heterocycles. The Hall–Kier alpha value is -1.19. The van der Waals surface area contributed by atoms with Gasteiger partial charge in [-0.05, 0) is 31.6 Å². The SMILES string of the molecule is Cc1c(S(=O)(=O)Cl)c([N+](=O)[O-])nn1CC1CCC(C)O1. The second kappa shape index (κ2) is 5.30. The van der Waals surface area contributed by atoms with E-state index in [0.29, 0.717) is 0 Å². The van der Waals surface area contributed by atoms with Crippen molar-refractivity contribution in [2.24, 2.45) is 0 Å². The van der Waals surface area contributed by atoms with Crippen LogP contribution < -0.4 is 0 Å². The minimum Gasteiger partial charge on any atom is -0.373 e. The maximum Gasteiger partial charge on any atom is 0.410 e. The van der Waals surface area contributed by atoms with Gasteiger partial charge in [0.05, 0.1) is 29.5 Å². The molecule has 0 aromatic carbocycles. The molecule has 0 amide bonds. The fourth-order valence-corrected chi connectivity index (χ4v) is 3.64. The van der Waals surface area contributed by atoms with Crippen molar-refractivity contribution in [3.63, 3.8) is 0 Å². The van der Waals surface area contributed by atoms with Crippen LogP contribution in [0.15, 0.2) is 4.90 Å². The number of hydrogen-bond acceptors (Lipinski definition) is 6. The van der Waals surface area contributed by atoms with Crippen LogP contribution in [0.4, 0.5) is 5.82 Å². The van der Waals surface area contributed by atoms with E-state index >= 15 is 0 Å². The first-order chi connectivity index (χ1) is 9.20. The minimum atomic E-state index is -4.23. The highest BCUT2D eigenvalue weighted by Gasteiger charge is 2.35. The number of hydrogen-bond donors (Lipinski definition) is 0. The molecule has 0 spiro atoms. The van der Waals surface area contributed by atoms with Crippen LogP contribution >= 0.6 is 10.7 Å². The van der Waals surface area contributed by atoms with Gasteiger partial charge in [-0.3, -0.25) is 0 Å². The molecule has 0 aliphatic carbocycles. The maximum absolute atomic E-state index is 11.5. The number of nitrogens with zero attached hydrogens (tertiary/aromatic N) is 3. The van der Waals surface area contributed by atoms with Crippen LogP contribution in [-0.4, -0.2) is 35.3 Å². The van der Waals surface area contributed by atoms with Gasteiger partial charge in [0.15, 0.2) is 0 Å². The topological polar surface area (TPSA) is 104 Å². The van der Waals surface area contributed by atoms with Crippen molar-refractivity contribution in [2.75, 3.05) is 0 Å². The Morgan fingerprint density at radius 3 is 2.60 bits per heavy atom. The Morgan fingerprint density at radius 2 is 2.20 bits per heavy atom. The van der Waals surface area contributed by atoms with Crippen molar-refractivity contribution in [1.29, 1.82) is 0 Å². The van der Waals surface area contributed by atoms with Gasteiger partial charge in [-0.1, -0.05) is 0 Å². The quantitative estimate of drug-likeness (QED) is 0.473. The molecule has 2 heterocycles. The van der Waals surface area contributed by atoms with Gasteiger partial charge in [0.25, 0.3) is 9.05 Å². The Morgan fingerprint density at radius 1 is 1.55 bits per heavy atom. The van der Waals surface area contributed by atoms with Gasteiger partial charge in [-0.25, -0.2) is 8.42 Å². The largest absolute Gasteiger partial charge is 0.410 e. The van der Waals surface area contributed by atoms with Crippen LogP contribution in [0.3, 0.4) is 0 Å². The minimum absolute atomic E-state index is 0.127. The third kappa shape index (κ3) is 2.94. The second-order valence-corrected chi connectivity index (χ2v) is 7.26. The number of rotatable bonds is 4. The summed E-state index contributed by atoms with van der Waals surface area (Å²) in [6, 6.07) is 0. The fourth-order valence-electron chi connectivity index (χ4n) is 2.31. The first-order valence-corrected chi connectivity index (χ1v) is 8.33. The van der Waals surface area contributed by atoms with Gasteiger partial charge in [-0.15, -0.1) is 0 Å². The lowest BCUT2D eigenvalue weighted by Crippen LogP contribution is -2.18. The summed E-state index contributed by atoms with van der Waals surface area (Å²) in [6.07, 6.45) is 1.70. The molecule has 2 rings (SSSR count). The summed E-state index contributed by atoms with van der Waals surface area (Å²) in [5.41, 5.74) is 0.148. The smallest absolute Gasteiger partial charge is 0.373 e. The predicted molar refractivity (Wildman–Crippen MR) is 70.2 cm³/mol. The summed E-state index contributed by atoms with van der Waals surface area (Å²) in [7, 11) is 1.02. The lowest BCUT2D eigenvalue weighted by Gasteiger charge is -2.09. The summed E-state index contributed by atoms with van der Waals surface area (Å²) < 4.78 is 29.8. The van der Waals surface area contributed by atoms with Crippen LogP contribution in [0.5, 0.6) is 0 Å². The van der Waals surface area contributed by atoms with Gasteiger partial charge >= 0.3 is 5.82 Å². The summed E-state index contributed by atoms with van der Waals surface area (Å²) in [4.78, 5) is 9.50. The highest BCUT2D eigenvalue weighted by Crippen LogP contribution is 2.30. The molecule has 2 unspecified atom stereocenters. The predicted octanol–water partition coefficient (Wildman–Crippen LogP) is 1.59. The normalized spacial score (nSPS) is 23.1. The zero-order chi connectivity index (χ0) is 15.1. The molecule has 112 valence electrons. The Bertz CT molecular complexity index is 642. The molecule has 1 aromatic rings.